The Morgan fingerprint density at radius 2 is 1.68 bits per heavy atom. The van der Waals surface area contributed by atoms with Crippen molar-refractivity contribution in [3.05, 3.63) is 59.8 Å². The van der Waals surface area contributed by atoms with Crippen LogP contribution in [0.4, 0.5) is 0 Å². The van der Waals surface area contributed by atoms with Gasteiger partial charge in [-0.25, -0.2) is 4.68 Å². The Morgan fingerprint density at radius 3 is 2.44 bits per heavy atom. The number of rotatable bonds is 4. The Labute approximate surface area is 150 Å². The number of fused-ring (bicyclic) bond motifs is 1. The average molecular weight is 333 g/mol. The Kier molecular flexibility index (Phi) is 4.84. The first kappa shape index (κ1) is 16.3. The van der Waals surface area contributed by atoms with Gasteiger partial charge in [-0.3, -0.25) is 0 Å². The highest BCUT2D eigenvalue weighted by Crippen LogP contribution is 2.23. The first-order valence-corrected chi connectivity index (χ1v) is 9.57. The fourth-order valence-corrected chi connectivity index (χ4v) is 3.88. The third-order valence-electron chi connectivity index (χ3n) is 5.35. The fraction of sp³-hybridized carbons (Fsp3) is 0.409. The van der Waals surface area contributed by atoms with E-state index in [-0.39, 0.29) is 0 Å². The lowest BCUT2D eigenvalue weighted by Crippen LogP contribution is -2.26. The van der Waals surface area contributed by atoms with Crippen molar-refractivity contribution in [3.8, 4) is 5.69 Å². The summed E-state index contributed by atoms with van der Waals surface area (Å²) >= 11 is 0. The number of para-hydroxylation sites is 1. The van der Waals surface area contributed by atoms with Crippen molar-refractivity contribution >= 4 is 10.9 Å². The van der Waals surface area contributed by atoms with Crippen LogP contribution in [0.25, 0.3) is 16.6 Å². The zero-order valence-corrected chi connectivity index (χ0v) is 15.1. The van der Waals surface area contributed by atoms with Gasteiger partial charge in [0.25, 0.3) is 0 Å². The largest absolute Gasteiger partial charge is 0.303 e. The van der Waals surface area contributed by atoms with Crippen LogP contribution in [0.5, 0.6) is 0 Å². The SMILES string of the molecule is Cc1nn(-c2ccccc2)c2ccc(CCN3CCCCCC3)cc12. The topological polar surface area (TPSA) is 21.1 Å². The molecular formula is C22H27N3. The summed E-state index contributed by atoms with van der Waals surface area (Å²) in [6, 6.07) is 17.2. The van der Waals surface area contributed by atoms with Gasteiger partial charge in [0.2, 0.25) is 0 Å². The second-order valence-electron chi connectivity index (χ2n) is 7.19. The minimum atomic E-state index is 1.11. The van der Waals surface area contributed by atoms with Crippen LogP contribution in [0.3, 0.4) is 0 Å². The lowest BCUT2D eigenvalue weighted by molar-refractivity contribution is 0.289. The molecule has 0 spiro atoms. The van der Waals surface area contributed by atoms with E-state index in [1.54, 1.807) is 0 Å². The summed E-state index contributed by atoms with van der Waals surface area (Å²) in [5, 5.41) is 6.04. The third-order valence-corrected chi connectivity index (χ3v) is 5.35. The standard InChI is InChI=1S/C22H27N3/c1-18-21-17-19(13-16-24-14-7-2-3-8-15-24)11-12-22(21)25(23-18)20-9-5-4-6-10-20/h4-6,9-12,17H,2-3,7-8,13-16H2,1H3. The third kappa shape index (κ3) is 3.62. The van der Waals surface area contributed by atoms with Crippen LogP contribution < -0.4 is 0 Å². The normalized spacial score (nSPS) is 16.2. The van der Waals surface area contributed by atoms with E-state index in [1.807, 2.05) is 6.07 Å². The molecule has 3 nitrogen and oxygen atoms in total. The highest BCUT2D eigenvalue weighted by Gasteiger charge is 2.11. The molecule has 0 radical (unpaired) electrons. The molecule has 0 atom stereocenters. The van der Waals surface area contributed by atoms with Crippen molar-refractivity contribution in [1.82, 2.24) is 14.7 Å². The van der Waals surface area contributed by atoms with Gasteiger partial charge in [-0.2, -0.15) is 5.10 Å². The molecule has 1 saturated heterocycles. The lowest BCUT2D eigenvalue weighted by atomic mass is 10.1. The van der Waals surface area contributed by atoms with E-state index in [1.165, 1.54) is 61.8 Å². The zero-order valence-electron chi connectivity index (χ0n) is 15.1. The summed E-state index contributed by atoms with van der Waals surface area (Å²) in [6.07, 6.45) is 6.66. The van der Waals surface area contributed by atoms with Gasteiger partial charge in [0.1, 0.15) is 0 Å². The van der Waals surface area contributed by atoms with Crippen LogP contribution >= 0.6 is 0 Å². The molecule has 25 heavy (non-hydrogen) atoms. The van der Waals surface area contributed by atoms with Crippen LogP contribution in [-0.2, 0) is 6.42 Å². The van der Waals surface area contributed by atoms with Crippen molar-refractivity contribution in [3.63, 3.8) is 0 Å². The van der Waals surface area contributed by atoms with Crippen molar-refractivity contribution in [2.45, 2.75) is 39.0 Å². The molecule has 1 fully saturated rings. The first-order valence-electron chi connectivity index (χ1n) is 9.57. The lowest BCUT2D eigenvalue weighted by Gasteiger charge is -2.19. The highest BCUT2D eigenvalue weighted by molar-refractivity contribution is 5.84. The molecule has 0 aliphatic carbocycles. The molecule has 3 heteroatoms. The van der Waals surface area contributed by atoms with Gasteiger partial charge in [0, 0.05) is 11.9 Å². The van der Waals surface area contributed by atoms with Gasteiger partial charge >= 0.3 is 0 Å². The maximum absolute atomic E-state index is 4.77. The molecule has 2 heterocycles. The number of benzene rings is 2. The molecule has 1 aromatic heterocycles. The summed E-state index contributed by atoms with van der Waals surface area (Å²) in [5.41, 5.74) is 4.85. The molecule has 0 N–H and O–H groups in total. The maximum Gasteiger partial charge on any atom is 0.0744 e. The van der Waals surface area contributed by atoms with Gasteiger partial charge < -0.3 is 4.90 Å². The molecule has 1 aliphatic rings. The minimum Gasteiger partial charge on any atom is -0.303 e. The molecular weight excluding hydrogens is 306 g/mol. The molecule has 0 unspecified atom stereocenters. The van der Waals surface area contributed by atoms with E-state index in [0.29, 0.717) is 0 Å². The predicted molar refractivity (Wildman–Crippen MR) is 104 cm³/mol. The Bertz CT molecular complexity index is 827. The van der Waals surface area contributed by atoms with Crippen LogP contribution in [0.15, 0.2) is 48.5 Å². The van der Waals surface area contributed by atoms with Crippen molar-refractivity contribution in [1.29, 1.82) is 0 Å². The van der Waals surface area contributed by atoms with Crippen LogP contribution in [0.2, 0.25) is 0 Å². The van der Waals surface area contributed by atoms with E-state index in [2.05, 4.69) is 59.0 Å². The summed E-state index contributed by atoms with van der Waals surface area (Å²) in [5.74, 6) is 0. The number of aromatic nitrogens is 2. The summed E-state index contributed by atoms with van der Waals surface area (Å²) in [4.78, 5) is 2.64. The van der Waals surface area contributed by atoms with Crippen molar-refractivity contribution in [2.75, 3.05) is 19.6 Å². The van der Waals surface area contributed by atoms with Crippen LogP contribution in [-0.4, -0.2) is 34.3 Å². The average Bonchev–Trinajstić information content (AvgIpc) is 2.83. The van der Waals surface area contributed by atoms with E-state index in [0.717, 1.165) is 17.8 Å². The van der Waals surface area contributed by atoms with E-state index in [9.17, 15) is 0 Å². The number of aryl methyl sites for hydroxylation is 1. The van der Waals surface area contributed by atoms with Gasteiger partial charge in [0.05, 0.1) is 16.9 Å². The second kappa shape index (κ2) is 7.40. The monoisotopic (exact) mass is 333 g/mol. The number of likely N-dealkylation sites (tertiary alicyclic amines) is 1. The van der Waals surface area contributed by atoms with Crippen molar-refractivity contribution in [2.24, 2.45) is 0 Å². The molecule has 2 aromatic carbocycles. The maximum atomic E-state index is 4.77. The Balaban J connectivity index is 1.55. The Hall–Kier alpha value is -2.13. The first-order chi connectivity index (χ1) is 12.3. The van der Waals surface area contributed by atoms with Crippen molar-refractivity contribution < 1.29 is 0 Å². The molecule has 130 valence electrons. The molecule has 0 saturated carbocycles. The summed E-state index contributed by atoms with van der Waals surface area (Å²) in [7, 11) is 0. The predicted octanol–water partition coefficient (Wildman–Crippen LogP) is 4.75. The summed E-state index contributed by atoms with van der Waals surface area (Å²) < 4.78 is 2.06. The molecule has 1 aliphatic heterocycles. The highest BCUT2D eigenvalue weighted by atomic mass is 15.3. The molecule has 4 rings (SSSR count). The van der Waals surface area contributed by atoms with Crippen LogP contribution in [0, 0.1) is 6.92 Å². The van der Waals surface area contributed by atoms with E-state index >= 15 is 0 Å². The van der Waals surface area contributed by atoms with Crippen LogP contribution in [0.1, 0.15) is 36.9 Å². The molecule has 0 amide bonds. The zero-order chi connectivity index (χ0) is 17.1. The van der Waals surface area contributed by atoms with Gasteiger partial charge in [-0.1, -0.05) is 37.1 Å². The quantitative estimate of drug-likeness (QED) is 0.687. The van der Waals surface area contributed by atoms with Gasteiger partial charge in [0.15, 0.2) is 0 Å². The number of nitrogens with zero attached hydrogens (tertiary/aromatic N) is 3. The fourth-order valence-electron chi connectivity index (χ4n) is 3.88. The molecule has 3 aromatic rings. The van der Waals surface area contributed by atoms with E-state index in [4.69, 9.17) is 5.10 Å². The van der Waals surface area contributed by atoms with Gasteiger partial charge in [-0.15, -0.1) is 0 Å². The smallest absolute Gasteiger partial charge is 0.0744 e. The second-order valence-corrected chi connectivity index (χ2v) is 7.19. The summed E-state index contributed by atoms with van der Waals surface area (Å²) in [6.45, 7) is 5.83. The number of hydrogen-bond acceptors (Lipinski definition) is 2. The van der Waals surface area contributed by atoms with E-state index < -0.39 is 0 Å². The molecule has 0 bridgehead atoms. The Morgan fingerprint density at radius 1 is 0.920 bits per heavy atom. The minimum absolute atomic E-state index is 1.11. The number of hydrogen-bond donors (Lipinski definition) is 0. The van der Waals surface area contributed by atoms with Gasteiger partial charge in [-0.05, 0) is 69.1 Å².